The van der Waals surface area contributed by atoms with Crippen molar-refractivity contribution in [3.63, 3.8) is 0 Å². The molecule has 2 aromatic carbocycles. The van der Waals surface area contributed by atoms with Gasteiger partial charge in [-0.25, -0.2) is 8.78 Å². The van der Waals surface area contributed by atoms with Gasteiger partial charge < -0.3 is 5.73 Å². The van der Waals surface area contributed by atoms with Crippen molar-refractivity contribution in [1.29, 1.82) is 0 Å². The summed E-state index contributed by atoms with van der Waals surface area (Å²) in [6, 6.07) is 12.9. The SMILES string of the molecule is NCCCC(c1ccc(F)cc1)c1ccc(F)cc1. The van der Waals surface area contributed by atoms with E-state index < -0.39 is 0 Å². The van der Waals surface area contributed by atoms with Gasteiger partial charge in [-0.15, -0.1) is 0 Å². The van der Waals surface area contributed by atoms with Crippen LogP contribution in [0.25, 0.3) is 0 Å². The van der Waals surface area contributed by atoms with E-state index in [1.165, 1.54) is 24.3 Å². The van der Waals surface area contributed by atoms with Gasteiger partial charge >= 0.3 is 0 Å². The van der Waals surface area contributed by atoms with Gasteiger partial charge in [0.05, 0.1) is 0 Å². The maximum absolute atomic E-state index is 13.0. The highest BCUT2D eigenvalue weighted by Crippen LogP contribution is 2.29. The number of nitrogens with two attached hydrogens (primary N) is 1. The lowest BCUT2D eigenvalue weighted by atomic mass is 9.87. The Bertz CT molecular complexity index is 460. The maximum Gasteiger partial charge on any atom is 0.123 e. The van der Waals surface area contributed by atoms with Gasteiger partial charge in [-0.2, -0.15) is 0 Å². The molecule has 0 heterocycles. The molecular weight excluding hydrogens is 244 g/mol. The average Bonchev–Trinajstić information content (AvgIpc) is 2.43. The third-order valence-corrected chi connectivity index (χ3v) is 3.24. The zero-order valence-corrected chi connectivity index (χ0v) is 10.7. The van der Waals surface area contributed by atoms with Crippen molar-refractivity contribution in [2.75, 3.05) is 6.54 Å². The fraction of sp³-hybridized carbons (Fsp3) is 0.250. The number of halogens is 2. The lowest BCUT2D eigenvalue weighted by Gasteiger charge is -2.17. The molecule has 0 aliphatic rings. The Morgan fingerprint density at radius 1 is 0.789 bits per heavy atom. The first-order valence-corrected chi connectivity index (χ1v) is 6.41. The fourth-order valence-corrected chi connectivity index (χ4v) is 2.24. The van der Waals surface area contributed by atoms with E-state index in [1.54, 1.807) is 24.3 Å². The van der Waals surface area contributed by atoms with Gasteiger partial charge in [0.15, 0.2) is 0 Å². The molecule has 0 bridgehead atoms. The molecule has 0 amide bonds. The van der Waals surface area contributed by atoms with E-state index in [4.69, 9.17) is 5.73 Å². The van der Waals surface area contributed by atoms with E-state index in [2.05, 4.69) is 0 Å². The summed E-state index contributed by atoms with van der Waals surface area (Å²) in [5, 5.41) is 0. The van der Waals surface area contributed by atoms with Crippen LogP contribution in [0.1, 0.15) is 29.9 Å². The molecule has 19 heavy (non-hydrogen) atoms. The molecule has 3 heteroatoms. The molecule has 1 nitrogen and oxygen atoms in total. The topological polar surface area (TPSA) is 26.0 Å². The van der Waals surface area contributed by atoms with Gasteiger partial charge in [-0.05, 0) is 54.8 Å². The van der Waals surface area contributed by atoms with Gasteiger partial charge in [0, 0.05) is 5.92 Å². The van der Waals surface area contributed by atoms with E-state index in [9.17, 15) is 8.78 Å². The summed E-state index contributed by atoms with van der Waals surface area (Å²) in [7, 11) is 0. The quantitative estimate of drug-likeness (QED) is 0.869. The summed E-state index contributed by atoms with van der Waals surface area (Å²) in [4.78, 5) is 0. The van der Waals surface area contributed by atoms with Crippen LogP contribution in [0.3, 0.4) is 0 Å². The summed E-state index contributed by atoms with van der Waals surface area (Å²) in [5.41, 5.74) is 7.62. The molecule has 0 unspecified atom stereocenters. The second kappa shape index (κ2) is 6.43. The van der Waals surface area contributed by atoms with Gasteiger partial charge in [-0.1, -0.05) is 24.3 Å². The lowest BCUT2D eigenvalue weighted by Crippen LogP contribution is -2.06. The third-order valence-electron chi connectivity index (χ3n) is 3.24. The Labute approximate surface area is 112 Å². The van der Waals surface area contributed by atoms with Crippen molar-refractivity contribution in [2.45, 2.75) is 18.8 Å². The molecule has 0 aromatic heterocycles. The van der Waals surface area contributed by atoms with Crippen LogP contribution in [0, 0.1) is 11.6 Å². The number of benzene rings is 2. The highest BCUT2D eigenvalue weighted by molar-refractivity contribution is 5.32. The Morgan fingerprint density at radius 3 is 1.58 bits per heavy atom. The second-order valence-electron chi connectivity index (χ2n) is 4.59. The molecule has 0 aliphatic heterocycles. The Balaban J connectivity index is 2.29. The Kier molecular flexibility index (Phi) is 4.63. The summed E-state index contributed by atoms with van der Waals surface area (Å²) < 4.78 is 26.0. The summed E-state index contributed by atoms with van der Waals surface area (Å²) in [5.74, 6) is -0.370. The Hall–Kier alpha value is -1.74. The van der Waals surface area contributed by atoms with Crippen molar-refractivity contribution in [1.82, 2.24) is 0 Å². The molecule has 2 rings (SSSR count). The highest BCUT2D eigenvalue weighted by atomic mass is 19.1. The van der Waals surface area contributed by atoms with Crippen LogP contribution >= 0.6 is 0 Å². The first-order valence-electron chi connectivity index (χ1n) is 6.41. The van der Waals surface area contributed by atoms with Crippen molar-refractivity contribution in [3.05, 3.63) is 71.3 Å². The Morgan fingerprint density at radius 2 is 1.21 bits per heavy atom. The minimum atomic E-state index is -0.250. The summed E-state index contributed by atoms with van der Waals surface area (Å²) >= 11 is 0. The lowest BCUT2D eigenvalue weighted by molar-refractivity contribution is 0.619. The first-order chi connectivity index (χ1) is 9.20. The van der Waals surface area contributed by atoms with Crippen LogP contribution in [0.4, 0.5) is 8.78 Å². The smallest absolute Gasteiger partial charge is 0.123 e. The van der Waals surface area contributed by atoms with Crippen molar-refractivity contribution in [2.24, 2.45) is 5.73 Å². The molecule has 0 saturated carbocycles. The van der Waals surface area contributed by atoms with Gasteiger partial charge in [0.25, 0.3) is 0 Å². The maximum atomic E-state index is 13.0. The van der Waals surface area contributed by atoms with Crippen LogP contribution in [-0.4, -0.2) is 6.54 Å². The van der Waals surface area contributed by atoms with Crippen LogP contribution < -0.4 is 5.73 Å². The molecule has 0 spiro atoms. The predicted octanol–water partition coefficient (Wildman–Crippen LogP) is 3.84. The first kappa shape index (κ1) is 13.7. The molecule has 100 valence electrons. The standard InChI is InChI=1S/C16H17F2N/c17-14-7-3-12(4-8-14)16(2-1-11-19)13-5-9-15(18)10-6-13/h3-10,16H,1-2,11,19H2. The van der Waals surface area contributed by atoms with Gasteiger partial charge in [0.2, 0.25) is 0 Å². The number of hydrogen-bond donors (Lipinski definition) is 1. The minimum absolute atomic E-state index is 0.129. The van der Waals surface area contributed by atoms with E-state index in [0.29, 0.717) is 6.54 Å². The van der Waals surface area contributed by atoms with Crippen molar-refractivity contribution >= 4 is 0 Å². The zero-order chi connectivity index (χ0) is 13.7. The van der Waals surface area contributed by atoms with Crippen LogP contribution in [0.15, 0.2) is 48.5 Å². The van der Waals surface area contributed by atoms with Crippen LogP contribution in [-0.2, 0) is 0 Å². The molecule has 0 atom stereocenters. The fourth-order valence-electron chi connectivity index (χ4n) is 2.24. The van der Waals surface area contributed by atoms with Gasteiger partial charge in [-0.3, -0.25) is 0 Å². The second-order valence-corrected chi connectivity index (χ2v) is 4.59. The van der Waals surface area contributed by atoms with Crippen molar-refractivity contribution < 1.29 is 8.78 Å². The third kappa shape index (κ3) is 3.61. The number of rotatable bonds is 5. The normalized spacial score (nSPS) is 10.9. The minimum Gasteiger partial charge on any atom is -0.330 e. The molecule has 0 aliphatic carbocycles. The van der Waals surface area contributed by atoms with E-state index in [1.807, 2.05) is 0 Å². The zero-order valence-electron chi connectivity index (χ0n) is 10.7. The molecular formula is C16H17F2N. The largest absolute Gasteiger partial charge is 0.330 e. The van der Waals surface area contributed by atoms with Crippen LogP contribution in [0.2, 0.25) is 0 Å². The molecule has 0 radical (unpaired) electrons. The van der Waals surface area contributed by atoms with E-state index in [0.717, 1.165) is 24.0 Å². The van der Waals surface area contributed by atoms with Crippen molar-refractivity contribution in [3.8, 4) is 0 Å². The summed E-state index contributed by atoms with van der Waals surface area (Å²) in [6.45, 7) is 0.610. The highest BCUT2D eigenvalue weighted by Gasteiger charge is 2.13. The molecule has 0 fully saturated rings. The predicted molar refractivity (Wildman–Crippen MR) is 72.9 cm³/mol. The molecule has 2 aromatic rings. The summed E-state index contributed by atoms with van der Waals surface area (Å²) in [6.07, 6.45) is 1.74. The van der Waals surface area contributed by atoms with E-state index >= 15 is 0 Å². The average molecular weight is 261 g/mol. The monoisotopic (exact) mass is 261 g/mol. The molecule has 2 N–H and O–H groups in total. The van der Waals surface area contributed by atoms with E-state index in [-0.39, 0.29) is 17.6 Å². The molecule has 0 saturated heterocycles. The number of hydrogen-bond acceptors (Lipinski definition) is 1. The van der Waals surface area contributed by atoms with Gasteiger partial charge in [0.1, 0.15) is 11.6 Å². The van der Waals surface area contributed by atoms with Crippen LogP contribution in [0.5, 0.6) is 0 Å².